The Labute approximate surface area is 337 Å². The van der Waals surface area contributed by atoms with Gasteiger partial charge in [0.05, 0.1) is 20.8 Å². The summed E-state index contributed by atoms with van der Waals surface area (Å²) in [6.45, 7) is 34.0. The van der Waals surface area contributed by atoms with Crippen LogP contribution in [0.2, 0.25) is 54.4 Å². The Morgan fingerprint density at radius 1 is 0.709 bits per heavy atom. The van der Waals surface area contributed by atoms with Gasteiger partial charge in [0.25, 0.3) is 0 Å². The van der Waals surface area contributed by atoms with Crippen LogP contribution in [0.15, 0.2) is 47.4 Å². The molecule has 1 N–H and O–H groups in total. The fraction of sp³-hybridized carbons (Fsp3) is 0.619. The Kier molecular flexibility index (Phi) is 12.0. The molecule has 55 heavy (non-hydrogen) atoms. The molecular formula is C42H66N2O7SSi3. The molecule has 0 bridgehead atoms. The van der Waals surface area contributed by atoms with Crippen molar-refractivity contribution in [2.24, 2.45) is 0 Å². The van der Waals surface area contributed by atoms with E-state index in [0.717, 1.165) is 39.3 Å². The number of aromatic amines is 1. The van der Waals surface area contributed by atoms with Gasteiger partial charge < -0.3 is 27.5 Å². The predicted octanol–water partition coefficient (Wildman–Crippen LogP) is 10.8. The molecule has 0 saturated carbocycles. The number of benzene rings is 2. The number of H-pyrrole nitrogens is 1. The first-order valence-corrected chi connectivity index (χ1v) is 28.6. The van der Waals surface area contributed by atoms with Crippen LogP contribution in [-0.4, -0.2) is 73.6 Å². The zero-order valence-corrected chi connectivity index (χ0v) is 40.2. The van der Waals surface area contributed by atoms with Gasteiger partial charge in [-0.15, -0.1) is 0 Å². The number of hydrogen-bond acceptors (Lipinski definition) is 8. The van der Waals surface area contributed by atoms with Crippen molar-refractivity contribution >= 4 is 37.2 Å². The van der Waals surface area contributed by atoms with Crippen molar-refractivity contribution in [2.75, 3.05) is 20.8 Å². The second kappa shape index (κ2) is 15.1. The first kappa shape index (κ1) is 43.7. The summed E-state index contributed by atoms with van der Waals surface area (Å²) in [7, 11) is -3.69. The van der Waals surface area contributed by atoms with Gasteiger partial charge in [-0.2, -0.15) is 0 Å². The summed E-state index contributed by atoms with van der Waals surface area (Å²) in [4.78, 5) is 17.3. The minimum atomic E-state index is -2.45. The predicted molar refractivity (Wildman–Crippen MR) is 233 cm³/mol. The molecule has 1 aliphatic carbocycles. The van der Waals surface area contributed by atoms with Gasteiger partial charge in [0.15, 0.2) is 31.2 Å². The average molecular weight is 827 g/mol. The molecule has 304 valence electrons. The van der Waals surface area contributed by atoms with E-state index in [9.17, 15) is 4.79 Å². The third-order valence-electron chi connectivity index (χ3n) is 13.2. The number of aromatic nitrogens is 2. The summed E-state index contributed by atoms with van der Waals surface area (Å²) in [5, 5.41) is -0.186. The Bertz CT molecular complexity index is 1950. The van der Waals surface area contributed by atoms with Crippen molar-refractivity contribution in [2.45, 2.75) is 147 Å². The Hall–Kier alpha value is -2.37. The van der Waals surface area contributed by atoms with Crippen molar-refractivity contribution in [3.05, 3.63) is 74.4 Å². The number of nitrogens with zero attached hydrogens (tertiary/aromatic N) is 1. The fourth-order valence-corrected chi connectivity index (χ4v) is 10.4. The molecule has 4 atom stereocenters. The average Bonchev–Trinajstić information content (AvgIpc) is 3.55. The molecule has 0 spiro atoms. The topological polar surface area (TPSA) is 93.2 Å². The van der Waals surface area contributed by atoms with Crippen LogP contribution in [0.5, 0.6) is 11.5 Å². The molecule has 1 saturated heterocycles. The van der Waals surface area contributed by atoms with Gasteiger partial charge in [-0.1, -0.05) is 86.7 Å². The highest BCUT2D eigenvalue weighted by atomic mass is 32.1. The van der Waals surface area contributed by atoms with Crippen LogP contribution in [0.3, 0.4) is 0 Å². The second-order valence-electron chi connectivity index (χ2n) is 19.9. The summed E-state index contributed by atoms with van der Waals surface area (Å²) in [5.41, 5.74) is 4.63. The van der Waals surface area contributed by atoms with Gasteiger partial charge in [0, 0.05) is 17.7 Å². The van der Waals surface area contributed by atoms with Gasteiger partial charge in [-0.25, -0.2) is 4.79 Å². The van der Waals surface area contributed by atoms with Crippen LogP contribution in [0, 0.1) is 4.64 Å². The highest BCUT2D eigenvalue weighted by molar-refractivity contribution is 7.71. The molecule has 1 fully saturated rings. The molecule has 9 nitrogen and oxygen atoms in total. The number of ether oxygens (including phenoxy) is 3. The van der Waals surface area contributed by atoms with E-state index in [1.54, 1.807) is 18.8 Å². The minimum Gasteiger partial charge on any atom is -0.497 e. The minimum absolute atomic E-state index is 0.000177. The van der Waals surface area contributed by atoms with E-state index in [1.807, 2.05) is 18.3 Å². The van der Waals surface area contributed by atoms with E-state index in [1.165, 1.54) is 0 Å². The van der Waals surface area contributed by atoms with Crippen LogP contribution in [0.1, 0.15) is 91.1 Å². The zero-order valence-electron chi connectivity index (χ0n) is 36.3. The SMILES string of the molecule is COc1ccc2c(c1)-c1cc(OC)ccc1C2c1cn([C@@H]2O[C@H](CO[Si](C)(C)C(C)(C)C)[C@@H](O[Si](C)(C)C(C)(C)C)[C@H]2O[Si](C)(C)C(C)(C)C)c(=O)[nH]c1=S. The highest BCUT2D eigenvalue weighted by Crippen LogP contribution is 2.51. The smallest absolute Gasteiger partial charge is 0.328 e. The molecule has 0 unspecified atom stereocenters. The van der Waals surface area contributed by atoms with E-state index >= 15 is 0 Å². The van der Waals surface area contributed by atoms with Crippen molar-refractivity contribution in [1.82, 2.24) is 9.55 Å². The lowest BCUT2D eigenvalue weighted by Crippen LogP contribution is -2.54. The van der Waals surface area contributed by atoms with Crippen LogP contribution in [0.25, 0.3) is 11.1 Å². The maximum Gasteiger partial charge on any atom is 0.328 e. The third-order valence-corrected chi connectivity index (χ3v) is 27.0. The largest absolute Gasteiger partial charge is 0.497 e. The van der Waals surface area contributed by atoms with Crippen molar-refractivity contribution in [3.63, 3.8) is 0 Å². The third kappa shape index (κ3) is 8.46. The van der Waals surface area contributed by atoms with E-state index in [-0.39, 0.29) is 26.7 Å². The highest BCUT2D eigenvalue weighted by Gasteiger charge is 2.55. The van der Waals surface area contributed by atoms with Gasteiger partial charge in [0.1, 0.15) is 34.5 Å². The maximum absolute atomic E-state index is 14.3. The molecule has 0 amide bonds. The van der Waals surface area contributed by atoms with Crippen LogP contribution in [-0.2, 0) is 18.0 Å². The lowest BCUT2D eigenvalue weighted by molar-refractivity contribution is -0.0511. The van der Waals surface area contributed by atoms with Crippen LogP contribution in [0.4, 0.5) is 0 Å². The Morgan fingerprint density at radius 2 is 1.16 bits per heavy atom. The van der Waals surface area contributed by atoms with Crippen molar-refractivity contribution in [3.8, 4) is 22.6 Å². The fourth-order valence-electron chi connectivity index (χ4n) is 6.57. The van der Waals surface area contributed by atoms with E-state index < -0.39 is 49.5 Å². The quantitative estimate of drug-likeness (QED) is 0.118. The number of fused-ring (bicyclic) bond motifs is 3. The molecular weight excluding hydrogens is 761 g/mol. The number of nitrogens with one attached hydrogen (secondary N) is 1. The van der Waals surface area contributed by atoms with Crippen LogP contribution < -0.4 is 15.2 Å². The summed E-state index contributed by atoms with van der Waals surface area (Å²) in [6.07, 6.45) is -0.450. The van der Waals surface area contributed by atoms with Gasteiger partial charge >= 0.3 is 5.69 Å². The number of methoxy groups -OCH3 is 2. The monoisotopic (exact) mass is 826 g/mol. The number of rotatable bonds is 11. The summed E-state index contributed by atoms with van der Waals surface area (Å²) < 4.78 is 42.1. The summed E-state index contributed by atoms with van der Waals surface area (Å²) in [6, 6.07) is 12.2. The normalized spacial score (nSPS) is 21.1. The first-order chi connectivity index (χ1) is 25.1. The Balaban J connectivity index is 1.71. The summed E-state index contributed by atoms with van der Waals surface area (Å²) >= 11 is 5.99. The van der Waals surface area contributed by atoms with Crippen LogP contribution >= 0.6 is 12.2 Å². The molecule has 2 heterocycles. The number of hydrogen-bond donors (Lipinski definition) is 1. The van der Waals surface area contributed by atoms with Crippen molar-refractivity contribution in [1.29, 1.82) is 0 Å². The molecule has 5 rings (SSSR count). The molecule has 3 aromatic rings. The molecule has 0 radical (unpaired) electrons. The summed E-state index contributed by atoms with van der Waals surface area (Å²) in [5.74, 6) is 1.26. The van der Waals surface area contributed by atoms with Gasteiger partial charge in [-0.3, -0.25) is 9.55 Å². The molecule has 1 aromatic heterocycles. The second-order valence-corrected chi connectivity index (χ2v) is 34.6. The molecule has 1 aliphatic heterocycles. The molecule has 13 heteroatoms. The molecule has 2 aromatic carbocycles. The van der Waals surface area contributed by atoms with E-state index in [0.29, 0.717) is 11.2 Å². The molecule has 2 aliphatic rings. The van der Waals surface area contributed by atoms with Gasteiger partial charge in [-0.05, 0) is 101 Å². The van der Waals surface area contributed by atoms with E-state index in [2.05, 4.69) is 131 Å². The van der Waals surface area contributed by atoms with E-state index in [4.69, 9.17) is 39.7 Å². The first-order valence-electron chi connectivity index (χ1n) is 19.5. The zero-order chi connectivity index (χ0) is 41.3. The lowest BCUT2D eigenvalue weighted by atomic mass is 9.91. The Morgan fingerprint density at radius 3 is 1.60 bits per heavy atom. The maximum atomic E-state index is 14.3. The van der Waals surface area contributed by atoms with Gasteiger partial charge in [0.2, 0.25) is 0 Å². The lowest BCUT2D eigenvalue weighted by Gasteiger charge is -2.44. The van der Waals surface area contributed by atoms with Crippen molar-refractivity contribution < 1.29 is 27.5 Å². The standard InChI is InChI=1S/C42H66N2O7SSi3/c1-40(2,3)53(12,13)48-25-33-35(50-54(14,15)41(4,5)6)36(51-55(16,17)42(7,8)9)38(49-33)44-24-32(37(52)43-39(44)45)34-28-20-18-26(46-10)22-30(28)31-23-27(47-11)19-21-29(31)34/h18-24,33-36,38H,25H2,1-17H3,(H,43,45,52)/t33-,35-,36-,38-/m1/s1.